The van der Waals surface area contributed by atoms with E-state index in [9.17, 15) is 9.59 Å². The number of rotatable bonds is 5. The second kappa shape index (κ2) is 6.36. The van der Waals surface area contributed by atoms with Crippen molar-refractivity contribution in [2.75, 3.05) is 14.2 Å². The van der Waals surface area contributed by atoms with Gasteiger partial charge in [0.1, 0.15) is 11.7 Å². The second-order valence-corrected chi connectivity index (χ2v) is 4.79. The molecule has 0 aliphatic carbocycles. The minimum atomic E-state index is -0.766. The summed E-state index contributed by atoms with van der Waals surface area (Å²) in [5.41, 5.74) is 1.36. The van der Waals surface area contributed by atoms with Crippen LogP contribution in [0.1, 0.15) is 29.8 Å². The minimum absolute atomic E-state index is 0.109. The van der Waals surface area contributed by atoms with Crippen molar-refractivity contribution < 1.29 is 19.1 Å². The lowest BCUT2D eigenvalue weighted by Gasteiger charge is -2.17. The molecule has 0 aliphatic heterocycles. The van der Waals surface area contributed by atoms with Crippen LogP contribution in [0.3, 0.4) is 0 Å². The molecule has 104 valence electrons. The summed E-state index contributed by atoms with van der Waals surface area (Å²) in [6.07, 6.45) is 0. The SMILES string of the molecule is COC(=O)C(C(=O)c1ccc(OC)c(C)c1)C(C)C. The fraction of sp³-hybridized carbons (Fsp3) is 0.467. The molecule has 0 aromatic heterocycles. The van der Waals surface area contributed by atoms with E-state index < -0.39 is 11.9 Å². The summed E-state index contributed by atoms with van der Waals surface area (Å²) in [7, 11) is 2.87. The van der Waals surface area contributed by atoms with Gasteiger partial charge in [-0.3, -0.25) is 9.59 Å². The molecule has 0 saturated carbocycles. The first-order chi connectivity index (χ1) is 8.92. The highest BCUT2D eigenvalue weighted by molar-refractivity contribution is 6.09. The summed E-state index contributed by atoms with van der Waals surface area (Å²) in [5.74, 6) is -0.864. The van der Waals surface area contributed by atoms with E-state index in [4.69, 9.17) is 9.47 Å². The average molecular weight is 264 g/mol. The predicted octanol–water partition coefficient (Wildman–Crippen LogP) is 2.63. The quantitative estimate of drug-likeness (QED) is 0.466. The van der Waals surface area contributed by atoms with Crippen molar-refractivity contribution in [1.29, 1.82) is 0 Å². The van der Waals surface area contributed by atoms with Gasteiger partial charge >= 0.3 is 5.97 Å². The van der Waals surface area contributed by atoms with Crippen LogP contribution in [0.2, 0.25) is 0 Å². The van der Waals surface area contributed by atoms with Crippen molar-refractivity contribution in [2.45, 2.75) is 20.8 Å². The third kappa shape index (κ3) is 3.34. The van der Waals surface area contributed by atoms with E-state index in [1.165, 1.54) is 7.11 Å². The Labute approximate surface area is 113 Å². The van der Waals surface area contributed by atoms with Crippen LogP contribution < -0.4 is 4.74 Å². The van der Waals surface area contributed by atoms with E-state index in [1.54, 1.807) is 25.3 Å². The third-order valence-electron chi connectivity index (χ3n) is 3.08. The second-order valence-electron chi connectivity index (χ2n) is 4.79. The van der Waals surface area contributed by atoms with Crippen molar-refractivity contribution in [3.63, 3.8) is 0 Å². The van der Waals surface area contributed by atoms with Crippen LogP contribution in [0.5, 0.6) is 5.75 Å². The zero-order chi connectivity index (χ0) is 14.6. The lowest BCUT2D eigenvalue weighted by atomic mass is 9.87. The maximum absolute atomic E-state index is 12.4. The molecule has 1 unspecified atom stereocenters. The number of esters is 1. The molecule has 0 aliphatic rings. The Morgan fingerprint density at radius 3 is 2.21 bits per heavy atom. The molecule has 4 heteroatoms. The topological polar surface area (TPSA) is 52.6 Å². The number of Topliss-reactive ketones (excluding diaryl/α,β-unsaturated/α-hetero) is 1. The number of ketones is 1. The van der Waals surface area contributed by atoms with Crippen molar-refractivity contribution in [1.82, 2.24) is 0 Å². The Morgan fingerprint density at radius 1 is 1.16 bits per heavy atom. The van der Waals surface area contributed by atoms with Gasteiger partial charge in [0.05, 0.1) is 14.2 Å². The first-order valence-corrected chi connectivity index (χ1v) is 6.19. The summed E-state index contributed by atoms with van der Waals surface area (Å²) in [5, 5.41) is 0. The molecule has 1 atom stereocenters. The molecule has 0 N–H and O–H groups in total. The Bertz CT molecular complexity index is 477. The molecular weight excluding hydrogens is 244 g/mol. The highest BCUT2D eigenvalue weighted by atomic mass is 16.5. The minimum Gasteiger partial charge on any atom is -0.496 e. The van der Waals surface area contributed by atoms with Crippen molar-refractivity contribution >= 4 is 11.8 Å². The summed E-state index contributed by atoms with van der Waals surface area (Å²) in [6, 6.07) is 5.14. The monoisotopic (exact) mass is 264 g/mol. The first-order valence-electron chi connectivity index (χ1n) is 6.19. The van der Waals surface area contributed by atoms with Crippen LogP contribution in [0, 0.1) is 18.8 Å². The Balaban J connectivity index is 3.10. The van der Waals surface area contributed by atoms with Crippen LogP contribution >= 0.6 is 0 Å². The van der Waals surface area contributed by atoms with E-state index in [-0.39, 0.29) is 11.7 Å². The van der Waals surface area contributed by atoms with E-state index in [0.717, 1.165) is 11.3 Å². The van der Waals surface area contributed by atoms with Gasteiger partial charge < -0.3 is 9.47 Å². The first kappa shape index (κ1) is 15.2. The summed E-state index contributed by atoms with van der Waals surface area (Å²) >= 11 is 0. The van der Waals surface area contributed by atoms with Gasteiger partial charge in [-0.15, -0.1) is 0 Å². The maximum atomic E-state index is 12.4. The molecule has 0 radical (unpaired) electrons. The van der Waals surface area contributed by atoms with E-state index in [2.05, 4.69) is 0 Å². The molecule has 0 bridgehead atoms. The van der Waals surface area contributed by atoms with Crippen molar-refractivity contribution in [3.8, 4) is 5.75 Å². The van der Waals surface area contributed by atoms with Gasteiger partial charge in [-0.25, -0.2) is 0 Å². The molecular formula is C15H20O4. The molecule has 19 heavy (non-hydrogen) atoms. The Hall–Kier alpha value is -1.84. The Morgan fingerprint density at radius 2 is 1.79 bits per heavy atom. The largest absolute Gasteiger partial charge is 0.496 e. The van der Waals surface area contributed by atoms with E-state index in [0.29, 0.717) is 5.56 Å². The molecule has 0 fully saturated rings. The highest BCUT2D eigenvalue weighted by Crippen LogP contribution is 2.23. The number of hydrogen-bond acceptors (Lipinski definition) is 4. The van der Waals surface area contributed by atoms with E-state index >= 15 is 0 Å². The molecule has 1 aromatic rings. The van der Waals surface area contributed by atoms with Gasteiger partial charge in [0.15, 0.2) is 5.78 Å². The smallest absolute Gasteiger partial charge is 0.316 e. The standard InChI is InChI=1S/C15H20O4/c1-9(2)13(15(17)19-5)14(16)11-6-7-12(18-4)10(3)8-11/h6-9,13H,1-5H3. The van der Waals surface area contributed by atoms with Gasteiger partial charge in [-0.1, -0.05) is 13.8 Å². The Kier molecular flexibility index (Phi) is 5.10. The third-order valence-corrected chi connectivity index (χ3v) is 3.08. The van der Waals surface area contributed by atoms with Crippen LogP contribution in [-0.2, 0) is 9.53 Å². The number of aryl methyl sites for hydroxylation is 1. The number of carbonyl (C=O) groups is 2. The van der Waals surface area contributed by atoms with Crippen LogP contribution in [0.15, 0.2) is 18.2 Å². The number of hydrogen-bond donors (Lipinski definition) is 0. The molecule has 1 rings (SSSR count). The normalized spacial score (nSPS) is 12.1. The summed E-state index contributed by atoms with van der Waals surface area (Å²) in [6.45, 7) is 5.52. The van der Waals surface area contributed by atoms with Gasteiger partial charge in [0.2, 0.25) is 0 Å². The average Bonchev–Trinajstić information content (AvgIpc) is 2.37. The molecule has 0 spiro atoms. The molecule has 0 saturated heterocycles. The predicted molar refractivity (Wildman–Crippen MR) is 72.4 cm³/mol. The fourth-order valence-corrected chi connectivity index (χ4v) is 2.02. The van der Waals surface area contributed by atoms with Crippen LogP contribution in [0.4, 0.5) is 0 Å². The summed E-state index contributed by atoms with van der Waals surface area (Å²) in [4.78, 5) is 24.1. The molecule has 0 heterocycles. The van der Waals surface area contributed by atoms with Crippen LogP contribution in [0.25, 0.3) is 0 Å². The zero-order valence-electron chi connectivity index (χ0n) is 12.0. The van der Waals surface area contributed by atoms with Crippen molar-refractivity contribution in [3.05, 3.63) is 29.3 Å². The summed E-state index contributed by atoms with van der Waals surface area (Å²) < 4.78 is 9.86. The number of ether oxygens (including phenoxy) is 2. The van der Waals surface area contributed by atoms with Gasteiger partial charge in [0, 0.05) is 5.56 Å². The number of methoxy groups -OCH3 is 2. The van der Waals surface area contributed by atoms with Crippen LogP contribution in [-0.4, -0.2) is 26.0 Å². The lowest BCUT2D eigenvalue weighted by Crippen LogP contribution is -2.30. The highest BCUT2D eigenvalue weighted by Gasteiger charge is 2.31. The van der Waals surface area contributed by atoms with Gasteiger partial charge in [-0.05, 0) is 36.6 Å². The lowest BCUT2D eigenvalue weighted by molar-refractivity contribution is -0.144. The zero-order valence-corrected chi connectivity index (χ0v) is 12.0. The number of benzene rings is 1. The van der Waals surface area contributed by atoms with Gasteiger partial charge in [-0.2, -0.15) is 0 Å². The number of carbonyl (C=O) groups excluding carboxylic acids is 2. The molecule has 4 nitrogen and oxygen atoms in total. The van der Waals surface area contributed by atoms with E-state index in [1.807, 2.05) is 20.8 Å². The van der Waals surface area contributed by atoms with Gasteiger partial charge in [0.25, 0.3) is 0 Å². The molecule has 0 amide bonds. The van der Waals surface area contributed by atoms with Crippen molar-refractivity contribution in [2.24, 2.45) is 11.8 Å². The maximum Gasteiger partial charge on any atom is 0.316 e. The fourth-order valence-electron chi connectivity index (χ4n) is 2.02. The molecule has 1 aromatic carbocycles.